The molecule has 4 heteroatoms. The summed E-state index contributed by atoms with van der Waals surface area (Å²) in [6.45, 7) is 3.82. The van der Waals surface area contributed by atoms with Crippen molar-refractivity contribution in [2.24, 2.45) is 11.8 Å². The topological polar surface area (TPSA) is 34.1 Å². The standard InChI is InChI=1S/C15H23ClN2O/c1-11-6-15(19-2)7-14(18-11)10-17-9-13-5-3-4-12(13)8-16/h6-7,12-13,17H,3-5,8-10H2,1-2H3. The summed E-state index contributed by atoms with van der Waals surface area (Å²) in [5, 5.41) is 3.51. The molecule has 1 fully saturated rings. The predicted molar refractivity (Wildman–Crippen MR) is 78.8 cm³/mol. The number of methoxy groups -OCH3 is 1. The highest BCUT2D eigenvalue weighted by Crippen LogP contribution is 2.31. The number of nitrogens with zero attached hydrogens (tertiary/aromatic N) is 1. The summed E-state index contributed by atoms with van der Waals surface area (Å²) in [6, 6.07) is 3.94. The number of halogens is 1. The third-order valence-corrected chi connectivity index (χ3v) is 4.34. The Balaban J connectivity index is 1.83. The van der Waals surface area contributed by atoms with Gasteiger partial charge in [-0.2, -0.15) is 0 Å². The minimum atomic E-state index is 0.689. The van der Waals surface area contributed by atoms with Gasteiger partial charge in [-0.25, -0.2) is 0 Å². The minimum absolute atomic E-state index is 0.689. The van der Waals surface area contributed by atoms with E-state index in [9.17, 15) is 0 Å². The summed E-state index contributed by atoms with van der Waals surface area (Å²) >= 11 is 6.00. The van der Waals surface area contributed by atoms with Crippen molar-refractivity contribution >= 4 is 11.6 Å². The number of aryl methyl sites for hydroxylation is 1. The first-order valence-electron chi connectivity index (χ1n) is 7.01. The van der Waals surface area contributed by atoms with E-state index < -0.39 is 0 Å². The van der Waals surface area contributed by atoms with Crippen molar-refractivity contribution < 1.29 is 4.74 Å². The number of aromatic nitrogens is 1. The van der Waals surface area contributed by atoms with Crippen molar-refractivity contribution in [1.29, 1.82) is 0 Å². The molecule has 0 aliphatic heterocycles. The lowest BCUT2D eigenvalue weighted by Crippen LogP contribution is -2.26. The zero-order chi connectivity index (χ0) is 13.7. The molecule has 0 saturated heterocycles. The second-order valence-electron chi connectivity index (χ2n) is 5.38. The number of nitrogens with one attached hydrogen (secondary N) is 1. The first kappa shape index (κ1) is 14.6. The van der Waals surface area contributed by atoms with Crippen LogP contribution < -0.4 is 10.1 Å². The molecule has 0 aromatic carbocycles. The summed E-state index contributed by atoms with van der Waals surface area (Å²) in [5.74, 6) is 3.09. The van der Waals surface area contributed by atoms with Crippen LogP contribution >= 0.6 is 11.6 Å². The molecule has 1 aliphatic rings. The summed E-state index contributed by atoms with van der Waals surface area (Å²) in [5.41, 5.74) is 2.04. The number of alkyl halides is 1. The average molecular weight is 283 g/mol. The first-order chi connectivity index (χ1) is 9.22. The molecule has 1 aliphatic carbocycles. The van der Waals surface area contributed by atoms with Crippen molar-refractivity contribution in [3.05, 3.63) is 23.5 Å². The van der Waals surface area contributed by atoms with Crippen LogP contribution in [0.5, 0.6) is 5.75 Å². The molecule has 0 spiro atoms. The normalized spacial score (nSPS) is 22.7. The van der Waals surface area contributed by atoms with E-state index in [0.29, 0.717) is 5.92 Å². The monoisotopic (exact) mass is 282 g/mol. The molecule has 0 amide bonds. The molecule has 2 atom stereocenters. The highest BCUT2D eigenvalue weighted by atomic mass is 35.5. The van der Waals surface area contributed by atoms with Gasteiger partial charge in [-0.05, 0) is 38.1 Å². The molecule has 106 valence electrons. The molecule has 1 aromatic rings. The third-order valence-electron chi connectivity index (χ3n) is 3.94. The zero-order valence-corrected chi connectivity index (χ0v) is 12.5. The van der Waals surface area contributed by atoms with E-state index in [2.05, 4.69) is 10.3 Å². The highest BCUT2D eigenvalue weighted by Gasteiger charge is 2.25. The maximum atomic E-state index is 6.00. The molecule has 1 aromatic heterocycles. The van der Waals surface area contributed by atoms with Gasteiger partial charge in [0.2, 0.25) is 0 Å². The molecule has 2 rings (SSSR count). The fourth-order valence-corrected chi connectivity index (χ4v) is 3.29. The van der Waals surface area contributed by atoms with E-state index in [0.717, 1.165) is 42.0 Å². The Kier molecular flexibility index (Phi) is 5.46. The largest absolute Gasteiger partial charge is 0.497 e. The maximum absolute atomic E-state index is 6.00. The molecule has 2 unspecified atom stereocenters. The van der Waals surface area contributed by atoms with Crippen molar-refractivity contribution in [3.8, 4) is 5.75 Å². The van der Waals surface area contributed by atoms with E-state index in [1.54, 1.807) is 7.11 Å². The molecule has 1 heterocycles. The lowest BCUT2D eigenvalue weighted by Gasteiger charge is -2.17. The second-order valence-corrected chi connectivity index (χ2v) is 5.68. The predicted octanol–water partition coefficient (Wildman–Crippen LogP) is 3.14. The molecule has 1 N–H and O–H groups in total. The van der Waals surface area contributed by atoms with Crippen LogP contribution in [-0.2, 0) is 6.54 Å². The van der Waals surface area contributed by atoms with Crippen LogP contribution in [0.25, 0.3) is 0 Å². The number of pyridine rings is 1. The summed E-state index contributed by atoms with van der Waals surface area (Å²) < 4.78 is 5.26. The van der Waals surface area contributed by atoms with Gasteiger partial charge in [0.25, 0.3) is 0 Å². The highest BCUT2D eigenvalue weighted by molar-refractivity contribution is 6.18. The van der Waals surface area contributed by atoms with Gasteiger partial charge in [0, 0.05) is 30.3 Å². The van der Waals surface area contributed by atoms with E-state index in [-0.39, 0.29) is 0 Å². The Labute approximate surface area is 120 Å². The van der Waals surface area contributed by atoms with Crippen LogP contribution in [0.15, 0.2) is 12.1 Å². The van der Waals surface area contributed by atoms with Crippen molar-refractivity contribution in [1.82, 2.24) is 10.3 Å². The Morgan fingerprint density at radius 3 is 2.89 bits per heavy atom. The van der Waals surface area contributed by atoms with Crippen LogP contribution in [0.1, 0.15) is 30.7 Å². The van der Waals surface area contributed by atoms with Crippen LogP contribution in [0.3, 0.4) is 0 Å². The molecule has 0 radical (unpaired) electrons. The zero-order valence-electron chi connectivity index (χ0n) is 11.8. The van der Waals surface area contributed by atoms with Crippen molar-refractivity contribution in [3.63, 3.8) is 0 Å². The van der Waals surface area contributed by atoms with E-state index >= 15 is 0 Å². The van der Waals surface area contributed by atoms with Crippen LogP contribution in [0, 0.1) is 18.8 Å². The van der Waals surface area contributed by atoms with E-state index in [1.165, 1.54) is 19.3 Å². The number of hydrogen-bond acceptors (Lipinski definition) is 3. The number of rotatable bonds is 6. The van der Waals surface area contributed by atoms with Crippen LogP contribution in [0.2, 0.25) is 0 Å². The van der Waals surface area contributed by atoms with Crippen molar-refractivity contribution in [2.45, 2.75) is 32.7 Å². The number of hydrogen-bond donors (Lipinski definition) is 1. The van der Waals surface area contributed by atoms with E-state index in [1.807, 2.05) is 19.1 Å². The quantitative estimate of drug-likeness (QED) is 0.814. The first-order valence-corrected chi connectivity index (χ1v) is 7.54. The van der Waals surface area contributed by atoms with Crippen LogP contribution in [-0.4, -0.2) is 24.5 Å². The Morgan fingerprint density at radius 1 is 1.37 bits per heavy atom. The minimum Gasteiger partial charge on any atom is -0.497 e. The lowest BCUT2D eigenvalue weighted by molar-refractivity contribution is 0.393. The Bertz CT molecular complexity index is 411. The van der Waals surface area contributed by atoms with Gasteiger partial charge in [0.15, 0.2) is 0 Å². The van der Waals surface area contributed by atoms with Crippen molar-refractivity contribution in [2.75, 3.05) is 19.5 Å². The molecular weight excluding hydrogens is 260 g/mol. The molecule has 0 bridgehead atoms. The van der Waals surface area contributed by atoms with Gasteiger partial charge in [-0.15, -0.1) is 11.6 Å². The van der Waals surface area contributed by atoms with E-state index in [4.69, 9.17) is 16.3 Å². The molecule has 1 saturated carbocycles. The average Bonchev–Trinajstić information content (AvgIpc) is 2.85. The molecular formula is C15H23ClN2O. The summed E-state index contributed by atoms with van der Waals surface area (Å²) in [4.78, 5) is 4.52. The SMILES string of the molecule is COc1cc(C)nc(CNCC2CCCC2CCl)c1. The van der Waals surface area contributed by atoms with Gasteiger partial charge in [0.05, 0.1) is 12.8 Å². The molecule has 3 nitrogen and oxygen atoms in total. The van der Waals surface area contributed by atoms with Gasteiger partial charge < -0.3 is 10.1 Å². The Morgan fingerprint density at radius 2 is 2.16 bits per heavy atom. The smallest absolute Gasteiger partial charge is 0.122 e. The maximum Gasteiger partial charge on any atom is 0.122 e. The Hall–Kier alpha value is -0.800. The third kappa shape index (κ3) is 4.08. The second kappa shape index (κ2) is 7.11. The summed E-state index contributed by atoms with van der Waals surface area (Å²) in [6.07, 6.45) is 3.90. The fraction of sp³-hybridized carbons (Fsp3) is 0.667. The number of ether oxygens (including phenoxy) is 1. The fourth-order valence-electron chi connectivity index (χ4n) is 2.88. The van der Waals surface area contributed by atoms with Gasteiger partial charge in [-0.3, -0.25) is 4.98 Å². The summed E-state index contributed by atoms with van der Waals surface area (Å²) in [7, 11) is 1.69. The lowest BCUT2D eigenvalue weighted by atomic mass is 9.98. The van der Waals surface area contributed by atoms with Gasteiger partial charge in [-0.1, -0.05) is 6.42 Å². The van der Waals surface area contributed by atoms with Gasteiger partial charge >= 0.3 is 0 Å². The van der Waals surface area contributed by atoms with Gasteiger partial charge in [0.1, 0.15) is 5.75 Å². The van der Waals surface area contributed by atoms with Crippen LogP contribution in [0.4, 0.5) is 0 Å². The molecule has 19 heavy (non-hydrogen) atoms.